The van der Waals surface area contributed by atoms with Crippen molar-refractivity contribution in [2.45, 2.75) is 76.9 Å². The van der Waals surface area contributed by atoms with Crippen molar-refractivity contribution in [1.82, 2.24) is 15.3 Å². The van der Waals surface area contributed by atoms with E-state index in [1.807, 2.05) is 24.3 Å². The molecule has 36 heavy (non-hydrogen) atoms. The first-order valence-corrected chi connectivity index (χ1v) is 13.1. The van der Waals surface area contributed by atoms with Gasteiger partial charge in [-0.2, -0.15) is 0 Å². The molecule has 2 heterocycles. The molecule has 2 aliphatic heterocycles. The zero-order valence-corrected chi connectivity index (χ0v) is 22.9. The van der Waals surface area contributed by atoms with Gasteiger partial charge in [-0.1, -0.05) is 18.6 Å². The number of nitrogens with one attached hydrogen (secondary N) is 1. The first-order valence-electron chi connectivity index (χ1n) is 12.1. The van der Waals surface area contributed by atoms with Gasteiger partial charge < -0.3 is 14.9 Å². The van der Waals surface area contributed by atoms with Gasteiger partial charge in [0.2, 0.25) is 5.91 Å². The molecule has 0 aromatic heterocycles. The topological polar surface area (TPSA) is 122 Å². The summed E-state index contributed by atoms with van der Waals surface area (Å²) in [5, 5.41) is 3.44. The molecule has 0 aliphatic carbocycles. The Hall–Kier alpha value is -2.70. The summed E-state index contributed by atoms with van der Waals surface area (Å²) in [5.41, 5.74) is 0.326. The molecule has 10 nitrogen and oxygen atoms in total. The molecule has 2 fully saturated rings. The van der Waals surface area contributed by atoms with Crippen molar-refractivity contribution in [2.24, 2.45) is 0 Å². The van der Waals surface area contributed by atoms with E-state index in [4.69, 9.17) is 9.57 Å². The molecule has 4 amide bonds. The average Bonchev–Trinajstić information content (AvgIpc) is 3.07. The number of nitrogens with zero attached hydrogens (tertiary/aromatic N) is 2. The lowest BCUT2D eigenvalue weighted by atomic mass is 9.82. The number of unbranched alkanes of at least 4 members (excludes halogenated alkanes) is 2. The lowest BCUT2D eigenvalue weighted by Gasteiger charge is -2.47. The maximum atomic E-state index is 13.0. The smallest absolute Gasteiger partial charge is 0.411 e. The molecule has 11 heteroatoms. The maximum Gasteiger partial charge on any atom is 0.411 e. The number of ether oxygens (including phenoxy) is 1. The summed E-state index contributed by atoms with van der Waals surface area (Å²) in [6, 6.07) is 7.23. The standard InChI is InChI=1S/C25H32IN3O7/c1-25(2,3)35-24(34)28-15-18(16-8-10-17(26)11-9-16)22(28)23(33)27-14-6-4-5-7-21(32)36-29-19(30)12-13-20(29)31/h8-11,18,22H,4-7,12-15H2,1-3H3,(H,27,33)/t18-,22+/m1/s1. The lowest BCUT2D eigenvalue weighted by Crippen LogP contribution is -2.64. The Bertz CT molecular complexity index is 990. The van der Waals surface area contributed by atoms with Crippen molar-refractivity contribution in [3.05, 3.63) is 33.4 Å². The highest BCUT2D eigenvalue weighted by Gasteiger charge is 2.48. The molecular weight excluding hydrogens is 581 g/mol. The van der Waals surface area contributed by atoms with Crippen LogP contribution in [0.1, 0.15) is 70.8 Å². The molecule has 0 unspecified atom stereocenters. The number of carbonyl (C=O) groups is 5. The first kappa shape index (κ1) is 27.9. The zero-order chi connectivity index (χ0) is 26.5. The molecule has 1 N–H and O–H groups in total. The van der Waals surface area contributed by atoms with Gasteiger partial charge >= 0.3 is 12.1 Å². The third kappa shape index (κ3) is 7.40. The molecule has 2 atom stereocenters. The number of benzene rings is 1. The van der Waals surface area contributed by atoms with E-state index < -0.39 is 35.5 Å². The second kappa shape index (κ2) is 12.0. The first-order chi connectivity index (χ1) is 17.0. The van der Waals surface area contributed by atoms with Crippen LogP contribution in [0.2, 0.25) is 0 Å². The van der Waals surface area contributed by atoms with Crippen molar-refractivity contribution in [1.29, 1.82) is 0 Å². The van der Waals surface area contributed by atoms with Gasteiger partial charge in [-0.05, 0) is 73.9 Å². The van der Waals surface area contributed by atoms with E-state index in [9.17, 15) is 24.0 Å². The molecule has 2 aliphatic rings. The summed E-state index contributed by atoms with van der Waals surface area (Å²) in [6.45, 7) is 6.14. The second-order valence-electron chi connectivity index (χ2n) is 9.88. The van der Waals surface area contributed by atoms with Crippen LogP contribution in [0.3, 0.4) is 0 Å². The summed E-state index contributed by atoms with van der Waals surface area (Å²) < 4.78 is 6.57. The van der Waals surface area contributed by atoms with Gasteiger partial charge in [-0.15, -0.1) is 5.06 Å². The molecule has 196 valence electrons. The molecule has 0 radical (unpaired) electrons. The summed E-state index contributed by atoms with van der Waals surface area (Å²) in [5.74, 6) is -2.01. The van der Waals surface area contributed by atoms with Gasteiger partial charge in [0, 0.05) is 41.8 Å². The Balaban J connectivity index is 1.46. The predicted molar refractivity (Wildman–Crippen MR) is 137 cm³/mol. The number of amides is 4. The van der Waals surface area contributed by atoms with E-state index in [2.05, 4.69) is 27.9 Å². The van der Waals surface area contributed by atoms with E-state index in [-0.39, 0.29) is 31.1 Å². The van der Waals surface area contributed by atoms with E-state index >= 15 is 0 Å². The average molecular weight is 613 g/mol. The summed E-state index contributed by atoms with van der Waals surface area (Å²) in [4.78, 5) is 66.9. The van der Waals surface area contributed by atoms with Crippen LogP contribution < -0.4 is 5.32 Å². The van der Waals surface area contributed by atoms with Crippen molar-refractivity contribution in [3.8, 4) is 0 Å². The second-order valence-corrected chi connectivity index (χ2v) is 11.1. The van der Waals surface area contributed by atoms with Crippen molar-refractivity contribution in [3.63, 3.8) is 0 Å². The molecule has 0 bridgehead atoms. The summed E-state index contributed by atoms with van der Waals surface area (Å²) in [7, 11) is 0. The number of carbonyl (C=O) groups excluding carboxylic acids is 5. The zero-order valence-electron chi connectivity index (χ0n) is 20.8. The number of rotatable bonds is 9. The monoisotopic (exact) mass is 613 g/mol. The number of hydrogen-bond donors (Lipinski definition) is 1. The number of hydrogen-bond acceptors (Lipinski definition) is 7. The third-order valence-corrected chi connectivity index (χ3v) is 6.58. The van der Waals surface area contributed by atoms with Gasteiger partial charge in [0.15, 0.2) is 0 Å². The molecule has 1 aromatic rings. The number of hydroxylamine groups is 2. The number of imide groups is 1. The van der Waals surface area contributed by atoms with E-state index in [0.717, 1.165) is 9.13 Å². The van der Waals surface area contributed by atoms with Gasteiger partial charge in [0.05, 0.1) is 0 Å². The highest BCUT2D eigenvalue weighted by Crippen LogP contribution is 2.36. The highest BCUT2D eigenvalue weighted by atomic mass is 127. The normalized spacial score (nSPS) is 19.7. The fourth-order valence-electron chi connectivity index (χ4n) is 4.03. The summed E-state index contributed by atoms with van der Waals surface area (Å²) >= 11 is 2.22. The SMILES string of the molecule is CC(C)(C)OC(=O)N1C[C@H](c2ccc(I)cc2)[C@H]1C(=O)NCCCCCC(=O)ON1C(=O)CCC1=O. The van der Waals surface area contributed by atoms with Crippen molar-refractivity contribution in [2.75, 3.05) is 13.1 Å². The fraction of sp³-hybridized carbons (Fsp3) is 0.560. The maximum absolute atomic E-state index is 13.0. The summed E-state index contributed by atoms with van der Waals surface area (Å²) in [6.07, 6.45) is 1.41. The highest BCUT2D eigenvalue weighted by molar-refractivity contribution is 14.1. The van der Waals surface area contributed by atoms with E-state index in [1.165, 1.54) is 4.90 Å². The Kier molecular flexibility index (Phi) is 9.31. The molecule has 0 saturated carbocycles. The van der Waals surface area contributed by atoms with Gasteiger partial charge in [-0.3, -0.25) is 19.3 Å². The van der Waals surface area contributed by atoms with Crippen LogP contribution in [0.4, 0.5) is 4.79 Å². The Labute approximate surface area is 224 Å². The Morgan fingerprint density at radius 3 is 2.28 bits per heavy atom. The molecule has 3 rings (SSSR count). The van der Waals surface area contributed by atoms with Crippen molar-refractivity contribution < 1.29 is 33.5 Å². The number of halogens is 1. The van der Waals surface area contributed by atoms with Gasteiger partial charge in [0.1, 0.15) is 11.6 Å². The molecular formula is C25H32IN3O7. The van der Waals surface area contributed by atoms with Crippen LogP contribution in [-0.4, -0.2) is 64.5 Å². The van der Waals surface area contributed by atoms with Crippen LogP contribution in [0, 0.1) is 3.57 Å². The quantitative estimate of drug-likeness (QED) is 0.258. The molecule has 0 spiro atoms. The van der Waals surface area contributed by atoms with Crippen LogP contribution in [0.5, 0.6) is 0 Å². The van der Waals surface area contributed by atoms with Crippen LogP contribution >= 0.6 is 22.6 Å². The fourth-order valence-corrected chi connectivity index (χ4v) is 4.39. The predicted octanol–water partition coefficient (Wildman–Crippen LogP) is 3.28. The van der Waals surface area contributed by atoms with E-state index in [1.54, 1.807) is 20.8 Å². The Morgan fingerprint density at radius 2 is 1.67 bits per heavy atom. The molecule has 2 saturated heterocycles. The lowest BCUT2D eigenvalue weighted by molar-refractivity contribution is -0.197. The van der Waals surface area contributed by atoms with Gasteiger partial charge in [-0.25, -0.2) is 9.59 Å². The number of likely N-dealkylation sites (tertiary alicyclic amines) is 1. The minimum atomic E-state index is -0.664. The van der Waals surface area contributed by atoms with Crippen LogP contribution in [0.15, 0.2) is 24.3 Å². The van der Waals surface area contributed by atoms with Crippen LogP contribution in [-0.2, 0) is 28.8 Å². The largest absolute Gasteiger partial charge is 0.444 e. The van der Waals surface area contributed by atoms with Gasteiger partial charge in [0.25, 0.3) is 11.8 Å². The Morgan fingerprint density at radius 1 is 1.03 bits per heavy atom. The van der Waals surface area contributed by atoms with E-state index in [0.29, 0.717) is 37.4 Å². The molecule has 1 aromatic carbocycles. The minimum absolute atomic E-state index is 0.0581. The van der Waals surface area contributed by atoms with Crippen LogP contribution in [0.25, 0.3) is 0 Å². The minimum Gasteiger partial charge on any atom is -0.444 e. The van der Waals surface area contributed by atoms with Crippen molar-refractivity contribution >= 4 is 52.4 Å². The third-order valence-electron chi connectivity index (χ3n) is 5.86.